The minimum absolute atomic E-state index is 0.0703. The number of amides is 1. The number of nitrogen functional groups attached to an aromatic ring is 1. The fraction of sp³-hybridized carbons (Fsp3) is 0.133. The predicted octanol–water partition coefficient (Wildman–Crippen LogP) is 2.88. The van der Waals surface area contributed by atoms with E-state index in [0.29, 0.717) is 35.3 Å². The van der Waals surface area contributed by atoms with Gasteiger partial charge in [-0.2, -0.15) is 0 Å². The Morgan fingerprint density at radius 1 is 1.12 bits per heavy atom. The van der Waals surface area contributed by atoms with Crippen LogP contribution in [0.2, 0.25) is 0 Å². The first-order valence-electron chi connectivity index (χ1n) is 12.9. The number of hydrogen-bond donors (Lipinski definition) is 3. The number of aryl methyl sites for hydroxylation is 1. The van der Waals surface area contributed by atoms with Crippen molar-refractivity contribution in [3.63, 3.8) is 0 Å². The van der Waals surface area contributed by atoms with Gasteiger partial charge in [0.1, 0.15) is 5.56 Å². The van der Waals surface area contributed by atoms with Crippen molar-refractivity contribution in [1.29, 1.82) is 0 Å². The minimum Gasteiger partial charge on any atom is -0.381 e. The van der Waals surface area contributed by atoms with E-state index in [4.69, 9.17) is 5.73 Å². The molecule has 0 aliphatic heterocycles. The zero-order valence-corrected chi connectivity index (χ0v) is 22.1. The number of carbonyl (C=O) groups excluding carboxylic acids is 1. The van der Waals surface area contributed by atoms with Crippen LogP contribution in [0.25, 0.3) is 16.4 Å². The van der Waals surface area contributed by atoms with Gasteiger partial charge in [0.15, 0.2) is 11.5 Å². The van der Waals surface area contributed by atoms with E-state index in [1.807, 2.05) is 43.3 Å². The molecule has 11 heteroatoms. The lowest BCUT2D eigenvalue weighted by Crippen LogP contribution is -2.33. The molecule has 202 valence electrons. The number of hydrogen-bond acceptors (Lipinski definition) is 7. The van der Waals surface area contributed by atoms with Crippen molar-refractivity contribution in [2.45, 2.75) is 25.9 Å². The molecule has 0 aliphatic rings. The molecule has 0 saturated heterocycles. The van der Waals surface area contributed by atoms with Crippen molar-refractivity contribution >= 4 is 28.1 Å². The maximum absolute atomic E-state index is 14.1. The molecule has 5 heterocycles. The number of pyridine rings is 2. The number of benzene rings is 1. The summed E-state index contributed by atoms with van der Waals surface area (Å²) in [6.07, 6.45) is 10.5. The molecule has 1 amide bonds. The molecule has 5 aromatic heterocycles. The molecule has 41 heavy (non-hydrogen) atoms. The molecular weight excluding hydrogens is 518 g/mol. The van der Waals surface area contributed by atoms with Gasteiger partial charge in [-0.25, -0.2) is 14.5 Å². The predicted molar refractivity (Wildman–Crippen MR) is 154 cm³/mol. The number of rotatable bonds is 6. The van der Waals surface area contributed by atoms with Crippen LogP contribution in [0.1, 0.15) is 45.8 Å². The standard InChI is InChI=1S/C30H25N9O2/c1-19(36-29(40)26-27(31)37-39-14-3-11-34-28(26)39)24-16-22-5-2-4-21(7-6-20-8-12-32-13-9-20)25(22)30(41)38(24)15-10-23-17-33-18-35-23/h2-5,8-9,11-14,16-19H,10,15H2,1H3,(H2,31,37)(H,33,35)(H,36,40). The average Bonchev–Trinajstić information content (AvgIpc) is 3.62. The third kappa shape index (κ3) is 5.02. The SMILES string of the molecule is CC(NC(=O)c1c(N)nn2cccnc12)c1cc2cccc(C#Cc3ccncc3)c2c(=O)n1CCc1cnc[nH]1. The number of aromatic nitrogens is 7. The van der Waals surface area contributed by atoms with Crippen LogP contribution in [0.4, 0.5) is 5.82 Å². The molecule has 0 fully saturated rings. The number of nitrogens with two attached hydrogens (primary N) is 1. The molecule has 4 N–H and O–H groups in total. The average molecular weight is 544 g/mol. The highest BCUT2D eigenvalue weighted by Gasteiger charge is 2.23. The summed E-state index contributed by atoms with van der Waals surface area (Å²) in [5.74, 6) is 5.91. The molecule has 1 unspecified atom stereocenters. The smallest absolute Gasteiger partial charge is 0.259 e. The lowest BCUT2D eigenvalue weighted by molar-refractivity contribution is 0.0940. The second-order valence-electron chi connectivity index (χ2n) is 9.45. The molecule has 0 spiro atoms. The third-order valence-electron chi connectivity index (χ3n) is 6.79. The normalized spacial score (nSPS) is 11.7. The Morgan fingerprint density at radius 2 is 1.98 bits per heavy atom. The Bertz CT molecular complexity index is 2000. The third-order valence-corrected chi connectivity index (χ3v) is 6.79. The van der Waals surface area contributed by atoms with Gasteiger partial charge >= 0.3 is 0 Å². The van der Waals surface area contributed by atoms with Crippen molar-refractivity contribution in [3.8, 4) is 11.8 Å². The molecule has 11 nitrogen and oxygen atoms in total. The largest absolute Gasteiger partial charge is 0.381 e. The van der Waals surface area contributed by atoms with Crippen LogP contribution >= 0.6 is 0 Å². The van der Waals surface area contributed by atoms with Crippen LogP contribution in [0.5, 0.6) is 0 Å². The number of fused-ring (bicyclic) bond motifs is 2. The topological polar surface area (TPSA) is 149 Å². The summed E-state index contributed by atoms with van der Waals surface area (Å²) >= 11 is 0. The van der Waals surface area contributed by atoms with Gasteiger partial charge in [-0.05, 0) is 42.6 Å². The second-order valence-corrected chi connectivity index (χ2v) is 9.45. The summed E-state index contributed by atoms with van der Waals surface area (Å²) in [4.78, 5) is 42.9. The van der Waals surface area contributed by atoms with Gasteiger partial charge < -0.3 is 20.6 Å². The van der Waals surface area contributed by atoms with Crippen molar-refractivity contribution in [2.24, 2.45) is 0 Å². The monoisotopic (exact) mass is 543 g/mol. The van der Waals surface area contributed by atoms with E-state index in [-0.39, 0.29) is 16.9 Å². The van der Waals surface area contributed by atoms with Crippen molar-refractivity contribution in [2.75, 3.05) is 5.73 Å². The summed E-state index contributed by atoms with van der Waals surface area (Å²) in [6, 6.07) is 12.3. The van der Waals surface area contributed by atoms with E-state index in [1.54, 1.807) is 47.9 Å². The number of H-pyrrole nitrogens is 1. The Labute approximate surface area is 234 Å². The molecule has 0 bridgehead atoms. The van der Waals surface area contributed by atoms with E-state index >= 15 is 0 Å². The summed E-state index contributed by atoms with van der Waals surface area (Å²) < 4.78 is 3.14. The van der Waals surface area contributed by atoms with Crippen LogP contribution in [0.3, 0.4) is 0 Å². The highest BCUT2D eigenvalue weighted by atomic mass is 16.2. The molecule has 6 aromatic rings. The van der Waals surface area contributed by atoms with E-state index in [9.17, 15) is 9.59 Å². The first-order chi connectivity index (χ1) is 20.0. The fourth-order valence-electron chi connectivity index (χ4n) is 4.80. The first kappa shape index (κ1) is 25.5. The zero-order valence-electron chi connectivity index (χ0n) is 22.1. The number of nitrogens with zero attached hydrogens (tertiary/aromatic N) is 6. The minimum atomic E-state index is -0.550. The van der Waals surface area contributed by atoms with Gasteiger partial charge in [-0.1, -0.05) is 24.0 Å². The maximum atomic E-state index is 14.1. The van der Waals surface area contributed by atoms with Crippen molar-refractivity contribution in [1.82, 2.24) is 39.4 Å². The highest BCUT2D eigenvalue weighted by molar-refractivity contribution is 6.04. The van der Waals surface area contributed by atoms with E-state index in [1.165, 1.54) is 4.52 Å². The molecular formula is C30H25N9O2. The van der Waals surface area contributed by atoms with Gasteiger partial charge in [-0.3, -0.25) is 14.6 Å². The summed E-state index contributed by atoms with van der Waals surface area (Å²) in [7, 11) is 0. The molecule has 6 rings (SSSR count). The van der Waals surface area contributed by atoms with Crippen LogP contribution in [0, 0.1) is 11.8 Å². The molecule has 0 aliphatic carbocycles. The Morgan fingerprint density at radius 3 is 2.78 bits per heavy atom. The second kappa shape index (κ2) is 10.8. The van der Waals surface area contributed by atoms with E-state index < -0.39 is 11.9 Å². The van der Waals surface area contributed by atoms with Crippen LogP contribution in [-0.4, -0.2) is 40.0 Å². The molecule has 0 saturated carbocycles. The quantitative estimate of drug-likeness (QED) is 0.274. The van der Waals surface area contributed by atoms with E-state index in [2.05, 4.69) is 42.2 Å². The van der Waals surface area contributed by atoms with Crippen LogP contribution in [-0.2, 0) is 13.0 Å². The number of carbonyl (C=O) groups is 1. The van der Waals surface area contributed by atoms with E-state index in [0.717, 1.165) is 16.6 Å². The number of aromatic amines is 1. The Hall–Kier alpha value is -5.76. The molecule has 1 aromatic carbocycles. The highest BCUT2D eigenvalue weighted by Crippen LogP contribution is 2.23. The first-order valence-corrected chi connectivity index (χ1v) is 12.9. The number of anilines is 1. The van der Waals surface area contributed by atoms with Gasteiger partial charge in [-0.15, -0.1) is 5.10 Å². The summed E-state index contributed by atoms with van der Waals surface area (Å²) in [5, 5.41) is 8.41. The van der Waals surface area contributed by atoms with Crippen LogP contribution < -0.4 is 16.6 Å². The van der Waals surface area contributed by atoms with Gasteiger partial charge in [0, 0.05) is 66.5 Å². The maximum Gasteiger partial charge on any atom is 0.259 e. The van der Waals surface area contributed by atoms with Gasteiger partial charge in [0.25, 0.3) is 11.5 Å². The summed E-state index contributed by atoms with van der Waals surface area (Å²) in [5.41, 5.74) is 9.34. The fourth-order valence-corrected chi connectivity index (χ4v) is 4.80. The lowest BCUT2D eigenvalue weighted by Gasteiger charge is -2.21. The number of nitrogens with one attached hydrogen (secondary N) is 2. The molecule has 1 atom stereocenters. The lowest BCUT2D eigenvalue weighted by atomic mass is 10.0. The van der Waals surface area contributed by atoms with Crippen molar-refractivity contribution < 1.29 is 4.79 Å². The Kier molecular flexibility index (Phi) is 6.71. The van der Waals surface area contributed by atoms with Crippen molar-refractivity contribution in [3.05, 3.63) is 118 Å². The molecule has 0 radical (unpaired) electrons. The van der Waals surface area contributed by atoms with Gasteiger partial charge in [0.2, 0.25) is 0 Å². The number of imidazole rings is 1. The van der Waals surface area contributed by atoms with Gasteiger partial charge in [0.05, 0.1) is 17.8 Å². The Balaban J connectivity index is 1.42. The van der Waals surface area contributed by atoms with Crippen LogP contribution in [0.15, 0.2) is 84.6 Å². The summed E-state index contributed by atoms with van der Waals surface area (Å²) in [6.45, 7) is 2.19. The zero-order chi connectivity index (χ0) is 28.3.